The first kappa shape index (κ1) is 12.0. The molecule has 2 rings (SSSR count). The molecule has 0 aliphatic heterocycles. The molecule has 1 aromatic rings. The van der Waals surface area contributed by atoms with E-state index in [0.717, 1.165) is 18.2 Å². The zero-order valence-electron chi connectivity index (χ0n) is 8.92. The molecule has 0 bridgehead atoms. The first-order valence-corrected chi connectivity index (χ1v) is 5.29. The van der Waals surface area contributed by atoms with Gasteiger partial charge in [0.25, 0.3) is 6.43 Å². The van der Waals surface area contributed by atoms with Crippen LogP contribution < -0.4 is 0 Å². The number of carboxylic acid groups (broad SMARTS) is 1. The van der Waals surface area contributed by atoms with Crippen molar-refractivity contribution in [1.82, 2.24) is 0 Å². The van der Waals surface area contributed by atoms with Crippen LogP contribution in [-0.2, 0) is 10.2 Å². The summed E-state index contributed by atoms with van der Waals surface area (Å²) in [5.74, 6) is -1.87. The third-order valence-electron chi connectivity index (χ3n) is 3.37. The van der Waals surface area contributed by atoms with Gasteiger partial charge < -0.3 is 5.11 Å². The number of hydrogen-bond acceptors (Lipinski definition) is 1. The molecular weight excluding hydrogens is 233 g/mol. The Balaban J connectivity index is 2.50. The third-order valence-corrected chi connectivity index (χ3v) is 3.37. The molecule has 1 saturated carbocycles. The van der Waals surface area contributed by atoms with E-state index in [-0.39, 0.29) is 11.1 Å². The number of hydrogen-bond donors (Lipinski definition) is 1. The molecule has 0 unspecified atom stereocenters. The minimum Gasteiger partial charge on any atom is -0.481 e. The van der Waals surface area contributed by atoms with Gasteiger partial charge in [0.05, 0.1) is 5.41 Å². The van der Waals surface area contributed by atoms with E-state index in [1.807, 2.05) is 0 Å². The molecule has 0 spiro atoms. The minimum atomic E-state index is -2.72. The quantitative estimate of drug-likeness (QED) is 0.886. The van der Waals surface area contributed by atoms with E-state index in [9.17, 15) is 18.0 Å². The maximum absolute atomic E-state index is 13.6. The second-order valence-electron chi connectivity index (χ2n) is 4.28. The fourth-order valence-corrected chi connectivity index (χ4v) is 2.17. The van der Waals surface area contributed by atoms with Gasteiger partial charge in [-0.05, 0) is 25.0 Å². The van der Waals surface area contributed by atoms with E-state index < -0.39 is 23.6 Å². The number of carbonyl (C=O) groups is 1. The monoisotopic (exact) mass is 244 g/mol. The molecule has 0 heterocycles. The fourth-order valence-electron chi connectivity index (χ4n) is 2.17. The lowest BCUT2D eigenvalue weighted by Gasteiger charge is -2.38. The van der Waals surface area contributed by atoms with Gasteiger partial charge >= 0.3 is 5.97 Å². The molecule has 1 aliphatic carbocycles. The summed E-state index contributed by atoms with van der Waals surface area (Å²) in [6.45, 7) is 0. The average Bonchev–Trinajstić information content (AvgIpc) is 2.18. The molecule has 0 amide bonds. The Hall–Kier alpha value is -1.52. The molecule has 1 fully saturated rings. The molecule has 0 atom stereocenters. The van der Waals surface area contributed by atoms with Crippen molar-refractivity contribution < 1.29 is 23.1 Å². The first-order valence-electron chi connectivity index (χ1n) is 5.29. The predicted molar refractivity (Wildman–Crippen MR) is 54.5 cm³/mol. The van der Waals surface area contributed by atoms with E-state index in [1.54, 1.807) is 0 Å². The lowest BCUT2D eigenvalue weighted by Crippen LogP contribution is -2.43. The Morgan fingerprint density at radius 2 is 2.00 bits per heavy atom. The van der Waals surface area contributed by atoms with Gasteiger partial charge in [-0.3, -0.25) is 4.79 Å². The molecule has 1 N–H and O–H groups in total. The molecule has 0 saturated heterocycles. The van der Waals surface area contributed by atoms with Crippen LogP contribution in [0.25, 0.3) is 0 Å². The summed E-state index contributed by atoms with van der Waals surface area (Å²) in [6, 6.07) is 2.88. The van der Waals surface area contributed by atoms with Crippen LogP contribution in [0.2, 0.25) is 0 Å². The zero-order valence-corrected chi connectivity index (χ0v) is 8.92. The molecule has 92 valence electrons. The maximum Gasteiger partial charge on any atom is 0.314 e. The molecular formula is C12H11F3O2. The summed E-state index contributed by atoms with van der Waals surface area (Å²) in [5, 5.41) is 9.14. The maximum atomic E-state index is 13.6. The van der Waals surface area contributed by atoms with Crippen LogP contribution in [0.15, 0.2) is 18.2 Å². The minimum absolute atomic E-state index is 0.117. The Morgan fingerprint density at radius 1 is 1.35 bits per heavy atom. The van der Waals surface area contributed by atoms with E-state index in [1.165, 1.54) is 0 Å². The van der Waals surface area contributed by atoms with Crippen LogP contribution in [0.5, 0.6) is 0 Å². The predicted octanol–water partition coefficient (Wildman–Crippen LogP) is 3.27. The normalized spacial score (nSPS) is 17.9. The van der Waals surface area contributed by atoms with Gasteiger partial charge in [-0.25, -0.2) is 13.2 Å². The zero-order chi connectivity index (χ0) is 12.6. The van der Waals surface area contributed by atoms with Gasteiger partial charge in [0.2, 0.25) is 0 Å². The lowest BCUT2D eigenvalue weighted by atomic mass is 9.64. The topological polar surface area (TPSA) is 37.3 Å². The van der Waals surface area contributed by atoms with Gasteiger partial charge in [0.1, 0.15) is 5.82 Å². The summed E-state index contributed by atoms with van der Waals surface area (Å²) in [6.07, 6.45) is -1.46. The standard InChI is InChI=1S/C12H11F3O2/c13-9-3-2-7(10(14)15)6-8(9)12(11(16)17)4-1-5-12/h2-3,6,10H,1,4-5H2,(H,16,17). The van der Waals surface area contributed by atoms with Crippen LogP contribution in [-0.4, -0.2) is 11.1 Å². The third kappa shape index (κ3) is 1.79. The van der Waals surface area contributed by atoms with Crippen LogP contribution in [0.1, 0.15) is 36.8 Å². The molecule has 5 heteroatoms. The lowest BCUT2D eigenvalue weighted by molar-refractivity contribution is -0.147. The SMILES string of the molecule is O=C(O)C1(c2cc(C(F)F)ccc2F)CCC1. The number of halogens is 3. The van der Waals surface area contributed by atoms with E-state index in [0.29, 0.717) is 19.3 Å². The number of carboxylic acids is 1. The van der Waals surface area contributed by atoms with Gasteiger partial charge in [-0.2, -0.15) is 0 Å². The highest BCUT2D eigenvalue weighted by Crippen LogP contribution is 2.45. The van der Waals surface area contributed by atoms with Gasteiger partial charge in [-0.15, -0.1) is 0 Å². The van der Waals surface area contributed by atoms with E-state index >= 15 is 0 Å². The number of benzene rings is 1. The Labute approximate surface area is 96.1 Å². The number of rotatable bonds is 3. The highest BCUT2D eigenvalue weighted by Gasteiger charge is 2.47. The van der Waals surface area contributed by atoms with Crippen molar-refractivity contribution >= 4 is 5.97 Å². The van der Waals surface area contributed by atoms with Crippen molar-refractivity contribution in [3.05, 3.63) is 35.1 Å². The van der Waals surface area contributed by atoms with Crippen molar-refractivity contribution in [3.63, 3.8) is 0 Å². The second-order valence-corrected chi connectivity index (χ2v) is 4.28. The van der Waals surface area contributed by atoms with Gasteiger partial charge in [-0.1, -0.05) is 12.5 Å². The summed E-state index contributed by atoms with van der Waals surface area (Å²) in [4.78, 5) is 11.2. The van der Waals surface area contributed by atoms with Crippen LogP contribution in [0.4, 0.5) is 13.2 Å². The van der Waals surface area contributed by atoms with Crippen molar-refractivity contribution in [3.8, 4) is 0 Å². The molecule has 1 aromatic carbocycles. The van der Waals surface area contributed by atoms with Gasteiger partial charge in [0.15, 0.2) is 0 Å². The summed E-state index contributed by atoms with van der Waals surface area (Å²) >= 11 is 0. The molecule has 17 heavy (non-hydrogen) atoms. The molecule has 0 aromatic heterocycles. The average molecular weight is 244 g/mol. The van der Waals surface area contributed by atoms with E-state index in [4.69, 9.17) is 5.11 Å². The molecule has 1 aliphatic rings. The smallest absolute Gasteiger partial charge is 0.314 e. The molecule has 2 nitrogen and oxygen atoms in total. The second kappa shape index (κ2) is 4.05. The fraction of sp³-hybridized carbons (Fsp3) is 0.417. The van der Waals surface area contributed by atoms with Crippen LogP contribution in [0, 0.1) is 5.82 Å². The number of alkyl halides is 2. The van der Waals surface area contributed by atoms with Crippen LogP contribution in [0.3, 0.4) is 0 Å². The number of aliphatic carboxylic acids is 1. The Kier molecular flexibility index (Phi) is 2.85. The highest BCUT2D eigenvalue weighted by molar-refractivity contribution is 5.82. The largest absolute Gasteiger partial charge is 0.481 e. The van der Waals surface area contributed by atoms with Crippen molar-refractivity contribution in [1.29, 1.82) is 0 Å². The van der Waals surface area contributed by atoms with E-state index in [2.05, 4.69) is 0 Å². The van der Waals surface area contributed by atoms with Gasteiger partial charge in [0, 0.05) is 11.1 Å². The Morgan fingerprint density at radius 3 is 2.41 bits per heavy atom. The molecule has 0 radical (unpaired) electrons. The highest BCUT2D eigenvalue weighted by atomic mass is 19.3. The van der Waals surface area contributed by atoms with Crippen molar-refractivity contribution in [2.24, 2.45) is 0 Å². The van der Waals surface area contributed by atoms with Crippen molar-refractivity contribution in [2.45, 2.75) is 31.1 Å². The first-order chi connectivity index (χ1) is 7.97. The Bertz CT molecular complexity index is 453. The summed E-state index contributed by atoms with van der Waals surface area (Å²) in [5.41, 5.74) is -1.77. The summed E-state index contributed by atoms with van der Waals surface area (Å²) < 4.78 is 38.6. The van der Waals surface area contributed by atoms with Crippen LogP contribution >= 0.6 is 0 Å². The van der Waals surface area contributed by atoms with Crippen molar-refractivity contribution in [2.75, 3.05) is 0 Å². The summed E-state index contributed by atoms with van der Waals surface area (Å²) in [7, 11) is 0.